The highest BCUT2D eigenvalue weighted by Gasteiger charge is 2.11. The third kappa shape index (κ3) is 1.79. The lowest BCUT2D eigenvalue weighted by Crippen LogP contribution is -2.11. The number of halogens is 1. The SMILES string of the molecule is CCc1[nH]c2cc(F)c(OC)cc2c(=O)c1C. The van der Waals surface area contributed by atoms with Crippen molar-refractivity contribution in [2.75, 3.05) is 7.11 Å². The molecule has 0 spiro atoms. The highest BCUT2D eigenvalue weighted by Crippen LogP contribution is 2.22. The number of benzene rings is 1. The third-order valence-electron chi connectivity index (χ3n) is 2.97. The minimum Gasteiger partial charge on any atom is -0.494 e. The number of aryl methyl sites for hydroxylation is 1. The molecule has 17 heavy (non-hydrogen) atoms. The molecule has 1 aromatic heterocycles. The lowest BCUT2D eigenvalue weighted by Gasteiger charge is -2.08. The number of hydrogen-bond acceptors (Lipinski definition) is 2. The van der Waals surface area contributed by atoms with Crippen molar-refractivity contribution in [2.45, 2.75) is 20.3 Å². The number of aromatic amines is 1. The second kappa shape index (κ2) is 4.20. The molecule has 90 valence electrons. The lowest BCUT2D eigenvalue weighted by atomic mass is 10.1. The molecule has 0 saturated carbocycles. The largest absolute Gasteiger partial charge is 0.494 e. The van der Waals surface area contributed by atoms with Gasteiger partial charge in [-0.25, -0.2) is 4.39 Å². The van der Waals surface area contributed by atoms with Gasteiger partial charge in [0.15, 0.2) is 17.0 Å². The van der Waals surface area contributed by atoms with Crippen molar-refractivity contribution in [3.63, 3.8) is 0 Å². The molecule has 2 rings (SSSR count). The standard InChI is InChI=1S/C13H14FNO2/c1-4-10-7(2)13(16)8-5-12(17-3)9(14)6-11(8)15-10/h5-6H,4H2,1-3H3,(H,15,16). The van der Waals surface area contributed by atoms with Crippen LogP contribution in [0.2, 0.25) is 0 Å². The molecule has 2 aromatic rings. The molecule has 4 heteroatoms. The number of nitrogens with one attached hydrogen (secondary N) is 1. The Kier molecular flexibility index (Phi) is 2.88. The number of methoxy groups -OCH3 is 1. The van der Waals surface area contributed by atoms with E-state index in [2.05, 4.69) is 4.98 Å². The van der Waals surface area contributed by atoms with Crippen LogP contribution in [0.15, 0.2) is 16.9 Å². The van der Waals surface area contributed by atoms with Crippen LogP contribution < -0.4 is 10.2 Å². The van der Waals surface area contributed by atoms with Gasteiger partial charge >= 0.3 is 0 Å². The van der Waals surface area contributed by atoms with Crippen molar-refractivity contribution >= 4 is 10.9 Å². The number of aromatic nitrogens is 1. The number of fused-ring (bicyclic) bond motifs is 1. The van der Waals surface area contributed by atoms with Gasteiger partial charge < -0.3 is 9.72 Å². The summed E-state index contributed by atoms with van der Waals surface area (Å²) in [5, 5.41) is 0.456. The van der Waals surface area contributed by atoms with Crippen molar-refractivity contribution in [2.24, 2.45) is 0 Å². The molecule has 0 aliphatic heterocycles. The predicted octanol–water partition coefficient (Wildman–Crippen LogP) is 2.55. The van der Waals surface area contributed by atoms with E-state index in [1.54, 1.807) is 6.92 Å². The summed E-state index contributed by atoms with van der Waals surface area (Å²) in [7, 11) is 1.38. The van der Waals surface area contributed by atoms with Gasteiger partial charge in [0.25, 0.3) is 0 Å². The summed E-state index contributed by atoms with van der Waals surface area (Å²) in [6.07, 6.45) is 0.713. The molecule has 1 heterocycles. The summed E-state index contributed by atoms with van der Waals surface area (Å²) in [6.45, 7) is 3.72. The lowest BCUT2D eigenvalue weighted by molar-refractivity contribution is 0.387. The molecule has 0 fully saturated rings. The van der Waals surface area contributed by atoms with Gasteiger partial charge in [0.05, 0.1) is 12.6 Å². The van der Waals surface area contributed by atoms with Gasteiger partial charge in [-0.1, -0.05) is 6.92 Å². The van der Waals surface area contributed by atoms with Gasteiger partial charge in [-0.05, 0) is 19.4 Å². The van der Waals surface area contributed by atoms with E-state index in [9.17, 15) is 9.18 Å². The average molecular weight is 235 g/mol. The van der Waals surface area contributed by atoms with Gasteiger partial charge in [0.1, 0.15) is 0 Å². The van der Waals surface area contributed by atoms with Gasteiger partial charge in [0, 0.05) is 22.7 Å². The Hall–Kier alpha value is -1.84. The molecule has 1 N–H and O–H groups in total. The van der Waals surface area contributed by atoms with Gasteiger partial charge in [-0.2, -0.15) is 0 Å². The highest BCUT2D eigenvalue weighted by molar-refractivity contribution is 5.81. The molecule has 1 aromatic carbocycles. The van der Waals surface area contributed by atoms with Crippen molar-refractivity contribution in [3.8, 4) is 5.75 Å². The van der Waals surface area contributed by atoms with Crippen LogP contribution in [0.5, 0.6) is 5.75 Å². The zero-order chi connectivity index (χ0) is 12.6. The second-order valence-electron chi connectivity index (χ2n) is 3.94. The molecule has 0 radical (unpaired) electrons. The first-order chi connectivity index (χ1) is 8.08. The number of H-pyrrole nitrogens is 1. The number of hydrogen-bond donors (Lipinski definition) is 1. The predicted molar refractivity (Wildman–Crippen MR) is 65.2 cm³/mol. The summed E-state index contributed by atoms with van der Waals surface area (Å²) >= 11 is 0. The summed E-state index contributed by atoms with van der Waals surface area (Å²) in [5.41, 5.74) is 1.95. The smallest absolute Gasteiger partial charge is 0.192 e. The second-order valence-corrected chi connectivity index (χ2v) is 3.94. The van der Waals surface area contributed by atoms with Crippen LogP contribution in [-0.4, -0.2) is 12.1 Å². The molecule has 0 aliphatic rings. The van der Waals surface area contributed by atoms with Gasteiger partial charge in [-0.3, -0.25) is 4.79 Å². The Morgan fingerprint density at radius 1 is 1.41 bits per heavy atom. The maximum atomic E-state index is 13.5. The maximum absolute atomic E-state index is 13.5. The fourth-order valence-corrected chi connectivity index (χ4v) is 1.95. The van der Waals surface area contributed by atoms with Crippen LogP contribution in [0.4, 0.5) is 4.39 Å². The molecule has 0 unspecified atom stereocenters. The maximum Gasteiger partial charge on any atom is 0.192 e. The molecule has 0 amide bonds. The van der Waals surface area contributed by atoms with Crippen LogP contribution >= 0.6 is 0 Å². The minimum absolute atomic E-state index is 0.0751. The Bertz CT molecular complexity index is 631. The van der Waals surface area contributed by atoms with E-state index >= 15 is 0 Å². The zero-order valence-electron chi connectivity index (χ0n) is 10.1. The van der Waals surface area contributed by atoms with Crippen LogP contribution in [0.3, 0.4) is 0 Å². The third-order valence-corrected chi connectivity index (χ3v) is 2.97. The number of ether oxygens (including phenoxy) is 1. The Morgan fingerprint density at radius 2 is 2.12 bits per heavy atom. The topological polar surface area (TPSA) is 42.1 Å². The first-order valence-electron chi connectivity index (χ1n) is 5.47. The van der Waals surface area contributed by atoms with E-state index in [1.807, 2.05) is 6.92 Å². The fourth-order valence-electron chi connectivity index (χ4n) is 1.95. The summed E-state index contributed by atoms with van der Waals surface area (Å²) in [6, 6.07) is 2.74. The first kappa shape index (κ1) is 11.6. The summed E-state index contributed by atoms with van der Waals surface area (Å²) < 4.78 is 18.4. The van der Waals surface area contributed by atoms with Gasteiger partial charge in [-0.15, -0.1) is 0 Å². The molecule has 0 saturated heterocycles. The molecule has 0 bridgehead atoms. The summed E-state index contributed by atoms with van der Waals surface area (Å²) in [5.74, 6) is -0.381. The average Bonchev–Trinajstić information content (AvgIpc) is 2.33. The Morgan fingerprint density at radius 3 is 2.71 bits per heavy atom. The van der Waals surface area contributed by atoms with E-state index in [1.165, 1.54) is 19.2 Å². The first-order valence-corrected chi connectivity index (χ1v) is 5.47. The van der Waals surface area contributed by atoms with Crippen molar-refractivity contribution < 1.29 is 9.13 Å². The quantitative estimate of drug-likeness (QED) is 0.869. The molecule has 0 atom stereocenters. The molecule has 0 aliphatic carbocycles. The summed E-state index contributed by atoms with van der Waals surface area (Å²) in [4.78, 5) is 15.2. The number of pyridine rings is 1. The monoisotopic (exact) mass is 235 g/mol. The highest BCUT2D eigenvalue weighted by atomic mass is 19.1. The van der Waals surface area contributed by atoms with E-state index in [0.29, 0.717) is 22.9 Å². The van der Waals surface area contributed by atoms with E-state index in [4.69, 9.17) is 4.74 Å². The van der Waals surface area contributed by atoms with E-state index in [0.717, 1.165) is 5.69 Å². The molecule has 3 nitrogen and oxygen atoms in total. The van der Waals surface area contributed by atoms with Crippen LogP contribution in [0.25, 0.3) is 10.9 Å². The van der Waals surface area contributed by atoms with Crippen molar-refractivity contribution in [1.29, 1.82) is 0 Å². The van der Waals surface area contributed by atoms with Crippen molar-refractivity contribution in [3.05, 3.63) is 39.4 Å². The fraction of sp³-hybridized carbons (Fsp3) is 0.308. The molecular formula is C13H14FNO2. The Balaban J connectivity index is 2.88. The van der Waals surface area contributed by atoms with Crippen LogP contribution in [0, 0.1) is 12.7 Å². The van der Waals surface area contributed by atoms with Crippen LogP contribution in [0.1, 0.15) is 18.2 Å². The normalized spacial score (nSPS) is 10.8. The minimum atomic E-state index is -0.471. The van der Waals surface area contributed by atoms with E-state index < -0.39 is 5.82 Å². The van der Waals surface area contributed by atoms with Gasteiger partial charge in [0.2, 0.25) is 0 Å². The zero-order valence-corrected chi connectivity index (χ0v) is 10.1. The van der Waals surface area contributed by atoms with Crippen molar-refractivity contribution in [1.82, 2.24) is 4.98 Å². The Labute approximate surface area is 98.2 Å². The number of rotatable bonds is 2. The van der Waals surface area contributed by atoms with Crippen LogP contribution in [-0.2, 0) is 6.42 Å². The van der Waals surface area contributed by atoms with E-state index in [-0.39, 0.29) is 11.2 Å². The molecular weight excluding hydrogens is 221 g/mol.